The third-order valence-electron chi connectivity index (χ3n) is 8.55. The van der Waals surface area contributed by atoms with Gasteiger partial charge in [0.05, 0.1) is 68.5 Å². The van der Waals surface area contributed by atoms with Crippen LogP contribution in [-0.2, 0) is 12.4 Å². The van der Waals surface area contributed by atoms with Crippen molar-refractivity contribution in [3.63, 3.8) is 0 Å². The average Bonchev–Trinajstić information content (AvgIpc) is 3.12. The number of alkyl halides is 6. The van der Waals surface area contributed by atoms with Crippen LogP contribution >= 0.6 is 0 Å². The number of halogens is 6. The number of rotatable bonds is 4. The van der Waals surface area contributed by atoms with Gasteiger partial charge in [-0.2, -0.15) is 42.1 Å². The lowest BCUT2D eigenvalue weighted by Gasteiger charge is -2.33. The standard InChI is InChI=1S/C37H13F6N5O5/c38-36(39,40)26-11-20(5-3-18(26)15-45)47-32(49)23-9-10-24-30-29(23)25(34(47)51)13-28(53-22-7-1-17(14-44)2-8-22)31(30)35(52)48(33(24)50)21-6-4-19(16-46)27(12-21)37(41,42)43/h1-13H. The minimum atomic E-state index is -5.06. The van der Waals surface area contributed by atoms with E-state index >= 15 is 0 Å². The summed E-state index contributed by atoms with van der Waals surface area (Å²) in [5, 5.41) is 27.2. The number of hydrogen-bond donors (Lipinski definition) is 0. The molecule has 0 spiro atoms. The molecular weight excluding hydrogens is 708 g/mol. The molecule has 2 aliphatic heterocycles. The van der Waals surface area contributed by atoms with E-state index in [1.54, 1.807) is 0 Å². The molecule has 0 saturated heterocycles. The third-order valence-corrected chi connectivity index (χ3v) is 8.55. The first kappa shape index (κ1) is 34.0. The highest BCUT2D eigenvalue weighted by Crippen LogP contribution is 2.46. The minimum Gasteiger partial charge on any atom is -0.456 e. The number of benzene rings is 5. The van der Waals surface area contributed by atoms with E-state index in [9.17, 15) is 61.3 Å². The molecule has 0 atom stereocenters. The zero-order valence-electron chi connectivity index (χ0n) is 26.1. The summed E-state index contributed by atoms with van der Waals surface area (Å²) in [6, 6.07) is 17.6. The fourth-order valence-electron chi connectivity index (χ4n) is 6.22. The first-order valence-corrected chi connectivity index (χ1v) is 14.9. The van der Waals surface area contributed by atoms with Gasteiger partial charge >= 0.3 is 12.4 Å². The first-order chi connectivity index (χ1) is 25.1. The van der Waals surface area contributed by atoms with Gasteiger partial charge in [-0.25, -0.2) is 9.80 Å². The van der Waals surface area contributed by atoms with Gasteiger partial charge in [-0.15, -0.1) is 0 Å². The second-order valence-electron chi connectivity index (χ2n) is 11.5. The molecule has 0 aliphatic carbocycles. The molecule has 2 heterocycles. The molecule has 7 rings (SSSR count). The molecule has 0 N–H and O–H groups in total. The van der Waals surface area contributed by atoms with Crippen LogP contribution in [-0.4, -0.2) is 23.6 Å². The summed E-state index contributed by atoms with van der Waals surface area (Å²) in [5.74, 6) is -5.21. The number of imide groups is 2. The fraction of sp³-hybridized carbons (Fsp3) is 0.0541. The Bertz CT molecular complexity index is 2650. The topological polar surface area (TPSA) is 155 Å². The molecule has 5 aromatic rings. The summed E-state index contributed by atoms with van der Waals surface area (Å²) in [6.45, 7) is 0. The Kier molecular flexibility index (Phi) is 7.55. The van der Waals surface area contributed by atoms with Crippen molar-refractivity contribution < 1.29 is 50.3 Å². The van der Waals surface area contributed by atoms with Gasteiger partial charge in [0.15, 0.2) is 0 Å². The van der Waals surface area contributed by atoms with E-state index < -0.39 is 86.5 Å². The zero-order chi connectivity index (χ0) is 38.1. The van der Waals surface area contributed by atoms with Crippen LogP contribution in [0, 0.1) is 34.0 Å². The van der Waals surface area contributed by atoms with Crippen LogP contribution in [0.3, 0.4) is 0 Å². The fourth-order valence-corrected chi connectivity index (χ4v) is 6.22. The maximum Gasteiger partial charge on any atom is 0.417 e. The average molecular weight is 722 g/mol. The SMILES string of the molecule is N#Cc1ccc(Oc2cc3c4c(ccc5c4c2C(=O)N(c2ccc(C#N)c(C(F)(F)F)c2)C5=O)C(=O)N(c2ccc(C#N)c(C(F)(F)F)c2)C3=O)cc1. The van der Waals surface area contributed by atoms with E-state index in [1.807, 2.05) is 6.07 Å². The van der Waals surface area contributed by atoms with E-state index in [1.165, 1.54) is 36.4 Å². The molecule has 0 aromatic heterocycles. The van der Waals surface area contributed by atoms with Gasteiger partial charge in [-0.1, -0.05) is 0 Å². The highest BCUT2D eigenvalue weighted by molar-refractivity contribution is 6.42. The van der Waals surface area contributed by atoms with Gasteiger partial charge in [0.25, 0.3) is 23.6 Å². The molecule has 258 valence electrons. The number of amides is 4. The van der Waals surface area contributed by atoms with Gasteiger partial charge < -0.3 is 4.74 Å². The van der Waals surface area contributed by atoms with Crippen molar-refractivity contribution in [1.82, 2.24) is 0 Å². The minimum absolute atomic E-state index is 0.0170. The zero-order valence-corrected chi connectivity index (χ0v) is 26.1. The second kappa shape index (κ2) is 11.8. The maximum atomic E-state index is 14.3. The van der Waals surface area contributed by atoms with E-state index in [4.69, 9.17) is 4.74 Å². The van der Waals surface area contributed by atoms with Gasteiger partial charge in [-0.05, 0) is 78.9 Å². The number of ether oxygens (including phenoxy) is 1. The summed E-state index contributed by atoms with van der Waals surface area (Å²) in [4.78, 5) is 57.3. The van der Waals surface area contributed by atoms with Gasteiger partial charge in [0, 0.05) is 21.9 Å². The van der Waals surface area contributed by atoms with Crippen molar-refractivity contribution in [2.75, 3.05) is 9.80 Å². The molecule has 53 heavy (non-hydrogen) atoms. The Morgan fingerprint density at radius 2 is 1.00 bits per heavy atom. The Balaban J connectivity index is 1.47. The summed E-state index contributed by atoms with van der Waals surface area (Å²) in [6.07, 6.45) is -10.1. The highest BCUT2D eigenvalue weighted by atomic mass is 19.4. The van der Waals surface area contributed by atoms with E-state index in [2.05, 4.69) is 0 Å². The molecule has 2 aliphatic rings. The van der Waals surface area contributed by atoms with E-state index in [0.717, 1.165) is 42.5 Å². The van der Waals surface area contributed by atoms with Gasteiger partial charge in [0.1, 0.15) is 11.5 Å². The lowest BCUT2D eigenvalue weighted by molar-refractivity contribution is -0.138. The van der Waals surface area contributed by atoms with Crippen molar-refractivity contribution in [3.05, 3.63) is 129 Å². The number of hydrogen-bond acceptors (Lipinski definition) is 8. The van der Waals surface area contributed by atoms with Crippen LogP contribution in [0.15, 0.2) is 78.9 Å². The Labute approximate surface area is 292 Å². The number of anilines is 2. The van der Waals surface area contributed by atoms with Crippen molar-refractivity contribution in [1.29, 1.82) is 15.8 Å². The summed E-state index contributed by atoms with van der Waals surface area (Å²) < 4.78 is 89.4. The molecule has 0 unspecified atom stereocenters. The van der Waals surface area contributed by atoms with Crippen LogP contribution in [0.4, 0.5) is 37.7 Å². The lowest BCUT2D eigenvalue weighted by atomic mass is 9.85. The number of carbonyl (C=O) groups excluding carboxylic acids is 4. The van der Waals surface area contributed by atoms with Crippen LogP contribution in [0.1, 0.15) is 69.2 Å². The highest BCUT2D eigenvalue weighted by Gasteiger charge is 2.44. The third kappa shape index (κ3) is 5.27. The molecule has 0 fully saturated rings. The van der Waals surface area contributed by atoms with Crippen molar-refractivity contribution in [2.24, 2.45) is 0 Å². The van der Waals surface area contributed by atoms with Gasteiger partial charge in [-0.3, -0.25) is 19.2 Å². The molecular formula is C37H13F6N5O5. The largest absolute Gasteiger partial charge is 0.456 e. The molecule has 0 bridgehead atoms. The van der Waals surface area contributed by atoms with Crippen molar-refractivity contribution in [2.45, 2.75) is 12.4 Å². The monoisotopic (exact) mass is 721 g/mol. The van der Waals surface area contributed by atoms with Crippen molar-refractivity contribution >= 4 is 45.8 Å². The first-order valence-electron chi connectivity index (χ1n) is 14.9. The number of nitriles is 3. The van der Waals surface area contributed by atoms with Crippen LogP contribution in [0.2, 0.25) is 0 Å². The maximum absolute atomic E-state index is 14.3. The molecule has 16 heteroatoms. The molecule has 4 amide bonds. The number of carbonyl (C=O) groups is 4. The molecule has 0 radical (unpaired) electrons. The van der Waals surface area contributed by atoms with E-state index in [0.29, 0.717) is 21.9 Å². The Morgan fingerprint density at radius 1 is 0.528 bits per heavy atom. The van der Waals surface area contributed by atoms with Crippen molar-refractivity contribution in [3.8, 4) is 29.7 Å². The van der Waals surface area contributed by atoms with Crippen LogP contribution < -0.4 is 14.5 Å². The second-order valence-corrected chi connectivity index (χ2v) is 11.5. The predicted octanol–water partition coefficient (Wildman–Crippen LogP) is 7.89. The lowest BCUT2D eigenvalue weighted by Crippen LogP contribution is -2.43. The summed E-state index contributed by atoms with van der Waals surface area (Å²) in [7, 11) is 0. The van der Waals surface area contributed by atoms with Crippen LogP contribution in [0.25, 0.3) is 10.8 Å². The Morgan fingerprint density at radius 3 is 1.47 bits per heavy atom. The normalized spacial score (nSPS) is 13.9. The Hall–Kier alpha value is -7.51. The summed E-state index contributed by atoms with van der Waals surface area (Å²) in [5.41, 5.74) is -6.88. The van der Waals surface area contributed by atoms with Crippen LogP contribution in [0.5, 0.6) is 11.5 Å². The molecule has 5 aromatic carbocycles. The van der Waals surface area contributed by atoms with E-state index in [-0.39, 0.29) is 33.2 Å². The predicted molar refractivity (Wildman–Crippen MR) is 170 cm³/mol. The smallest absolute Gasteiger partial charge is 0.417 e. The number of nitrogens with zero attached hydrogens (tertiary/aromatic N) is 5. The summed E-state index contributed by atoms with van der Waals surface area (Å²) >= 11 is 0. The molecule has 10 nitrogen and oxygen atoms in total. The quantitative estimate of drug-likeness (QED) is 0.134. The molecule has 0 saturated carbocycles. The van der Waals surface area contributed by atoms with Gasteiger partial charge in [0.2, 0.25) is 0 Å².